The summed E-state index contributed by atoms with van der Waals surface area (Å²) >= 11 is 7.95. The van der Waals surface area contributed by atoms with Crippen LogP contribution in [-0.4, -0.2) is 44.2 Å². The number of nitrogens with zero attached hydrogens (tertiary/aromatic N) is 1. The highest BCUT2D eigenvalue weighted by Gasteiger charge is 2.21. The van der Waals surface area contributed by atoms with Crippen LogP contribution >= 0.6 is 22.9 Å². The lowest BCUT2D eigenvalue weighted by Gasteiger charge is -2.29. The average Bonchev–Trinajstić information content (AvgIpc) is 3.20. The van der Waals surface area contributed by atoms with Gasteiger partial charge in [-0.2, -0.15) is 11.3 Å². The summed E-state index contributed by atoms with van der Waals surface area (Å²) in [7, 11) is 1.53. The minimum atomic E-state index is -0.189. The van der Waals surface area contributed by atoms with Gasteiger partial charge in [-0.1, -0.05) is 25.4 Å². The maximum Gasteiger partial charge on any atom is 0.251 e. The van der Waals surface area contributed by atoms with Crippen LogP contribution in [0, 0.1) is 0 Å². The maximum atomic E-state index is 12.7. The van der Waals surface area contributed by atoms with Crippen LogP contribution in [0.15, 0.2) is 29.0 Å². The second-order valence-corrected chi connectivity index (χ2v) is 7.11. The summed E-state index contributed by atoms with van der Waals surface area (Å²) < 4.78 is 10.8. The normalized spacial score (nSPS) is 12.1. The number of likely N-dealkylation sites (N-methyl/N-ethyl adjacent to an activating group) is 1. The van der Waals surface area contributed by atoms with Gasteiger partial charge in [-0.05, 0) is 54.5 Å². The van der Waals surface area contributed by atoms with Crippen LogP contribution in [0.5, 0.6) is 11.5 Å². The van der Waals surface area contributed by atoms with E-state index in [1.165, 1.54) is 12.7 Å². The minimum Gasteiger partial charge on any atom is -0.493 e. The van der Waals surface area contributed by atoms with Crippen molar-refractivity contribution < 1.29 is 14.3 Å². The Kier molecular flexibility index (Phi) is 8.41. The summed E-state index contributed by atoms with van der Waals surface area (Å²) in [6.07, 6.45) is 0. The predicted octanol–water partition coefficient (Wildman–Crippen LogP) is 4.62. The molecule has 1 aromatic heterocycles. The second kappa shape index (κ2) is 10.5. The molecule has 0 fully saturated rings. The summed E-state index contributed by atoms with van der Waals surface area (Å²) in [6.45, 7) is 8.93. The molecule has 148 valence electrons. The predicted molar refractivity (Wildman–Crippen MR) is 111 cm³/mol. The SMILES string of the molecule is CCOc1c(Cl)cc(C(=O)NCC(c2ccsc2)N(CC)CC)cc1OC. The first-order valence-corrected chi connectivity index (χ1v) is 10.4. The Morgan fingerprint density at radius 3 is 2.59 bits per heavy atom. The number of hydrogen-bond acceptors (Lipinski definition) is 5. The van der Waals surface area contributed by atoms with Crippen molar-refractivity contribution in [2.45, 2.75) is 26.8 Å². The molecule has 2 aromatic rings. The molecule has 2 rings (SSSR count). The van der Waals surface area contributed by atoms with Crippen molar-refractivity contribution >= 4 is 28.8 Å². The minimum absolute atomic E-state index is 0.135. The lowest BCUT2D eigenvalue weighted by molar-refractivity contribution is 0.0934. The van der Waals surface area contributed by atoms with E-state index in [1.807, 2.05) is 6.92 Å². The molecular weight excluding hydrogens is 384 g/mol. The number of methoxy groups -OCH3 is 1. The molecule has 1 atom stereocenters. The van der Waals surface area contributed by atoms with E-state index in [1.54, 1.807) is 23.5 Å². The van der Waals surface area contributed by atoms with Gasteiger partial charge in [-0.3, -0.25) is 9.69 Å². The van der Waals surface area contributed by atoms with Crippen LogP contribution in [0.2, 0.25) is 5.02 Å². The van der Waals surface area contributed by atoms with E-state index in [4.69, 9.17) is 21.1 Å². The second-order valence-electron chi connectivity index (χ2n) is 5.93. The van der Waals surface area contributed by atoms with Gasteiger partial charge in [0.05, 0.1) is 24.8 Å². The van der Waals surface area contributed by atoms with E-state index in [9.17, 15) is 4.79 Å². The monoisotopic (exact) mass is 410 g/mol. The molecule has 1 N–H and O–H groups in total. The summed E-state index contributed by atoms with van der Waals surface area (Å²) in [5, 5.41) is 7.59. The number of carbonyl (C=O) groups excluding carboxylic acids is 1. The number of ether oxygens (including phenoxy) is 2. The zero-order valence-electron chi connectivity index (χ0n) is 16.3. The van der Waals surface area contributed by atoms with Gasteiger partial charge in [0.2, 0.25) is 0 Å². The van der Waals surface area contributed by atoms with Crippen molar-refractivity contribution in [1.82, 2.24) is 10.2 Å². The molecule has 1 unspecified atom stereocenters. The topological polar surface area (TPSA) is 50.8 Å². The fraction of sp³-hybridized carbons (Fsp3) is 0.450. The summed E-state index contributed by atoms with van der Waals surface area (Å²) in [5.41, 5.74) is 1.66. The first kappa shape index (κ1) is 21.5. The Morgan fingerprint density at radius 1 is 1.30 bits per heavy atom. The Balaban J connectivity index is 2.17. The largest absolute Gasteiger partial charge is 0.493 e. The van der Waals surface area contributed by atoms with Crippen molar-refractivity contribution in [2.75, 3.05) is 33.4 Å². The molecule has 1 amide bonds. The standard InChI is InChI=1S/C20H27ClN2O3S/c1-5-23(6-2)17(14-8-9-27-13-14)12-22-20(24)15-10-16(21)19(26-7-3)18(11-15)25-4/h8-11,13,17H,5-7,12H2,1-4H3,(H,22,24). The van der Waals surface area contributed by atoms with Gasteiger partial charge in [0.1, 0.15) is 0 Å². The molecule has 1 aromatic carbocycles. The first-order chi connectivity index (χ1) is 13.0. The number of benzene rings is 1. The lowest BCUT2D eigenvalue weighted by atomic mass is 10.1. The van der Waals surface area contributed by atoms with Crippen LogP contribution in [0.4, 0.5) is 0 Å². The van der Waals surface area contributed by atoms with Crippen LogP contribution in [0.1, 0.15) is 42.7 Å². The molecule has 0 saturated carbocycles. The molecule has 1 heterocycles. The molecule has 7 heteroatoms. The van der Waals surface area contributed by atoms with E-state index in [-0.39, 0.29) is 11.9 Å². The van der Waals surface area contributed by atoms with Gasteiger partial charge >= 0.3 is 0 Å². The van der Waals surface area contributed by atoms with Gasteiger partial charge in [-0.25, -0.2) is 0 Å². The van der Waals surface area contributed by atoms with E-state index in [2.05, 4.69) is 40.9 Å². The van der Waals surface area contributed by atoms with Crippen molar-refractivity contribution in [1.29, 1.82) is 0 Å². The number of hydrogen-bond donors (Lipinski definition) is 1. The molecule has 5 nitrogen and oxygen atoms in total. The lowest BCUT2D eigenvalue weighted by Crippen LogP contribution is -2.37. The number of nitrogens with one attached hydrogen (secondary N) is 1. The maximum absolute atomic E-state index is 12.7. The third-order valence-electron chi connectivity index (χ3n) is 4.42. The van der Waals surface area contributed by atoms with Gasteiger partial charge in [0.25, 0.3) is 5.91 Å². The van der Waals surface area contributed by atoms with E-state index in [0.717, 1.165) is 13.1 Å². The van der Waals surface area contributed by atoms with Gasteiger partial charge in [0, 0.05) is 12.1 Å². The molecule has 0 radical (unpaired) electrons. The van der Waals surface area contributed by atoms with Crippen molar-refractivity contribution in [3.05, 3.63) is 45.1 Å². The molecule has 0 aliphatic carbocycles. The fourth-order valence-corrected chi connectivity index (χ4v) is 3.99. The smallest absolute Gasteiger partial charge is 0.251 e. The van der Waals surface area contributed by atoms with Gasteiger partial charge < -0.3 is 14.8 Å². The molecule has 0 aliphatic rings. The molecular formula is C20H27ClN2O3S. The number of thiophene rings is 1. The first-order valence-electron chi connectivity index (χ1n) is 9.10. The number of halogens is 1. The molecule has 0 saturated heterocycles. The zero-order valence-corrected chi connectivity index (χ0v) is 17.8. The molecule has 27 heavy (non-hydrogen) atoms. The van der Waals surface area contributed by atoms with Gasteiger partial charge in [0.15, 0.2) is 11.5 Å². The third kappa shape index (κ3) is 5.37. The summed E-state index contributed by atoms with van der Waals surface area (Å²) in [6, 6.07) is 5.51. The van der Waals surface area contributed by atoms with E-state index >= 15 is 0 Å². The van der Waals surface area contributed by atoms with E-state index in [0.29, 0.717) is 35.2 Å². The third-order valence-corrected chi connectivity index (χ3v) is 5.40. The molecule has 0 spiro atoms. The summed E-state index contributed by atoms with van der Waals surface area (Å²) in [4.78, 5) is 15.1. The number of rotatable bonds is 10. The number of carbonyl (C=O) groups is 1. The molecule has 0 aliphatic heterocycles. The fourth-order valence-electron chi connectivity index (χ4n) is 3.01. The van der Waals surface area contributed by atoms with Gasteiger partial charge in [-0.15, -0.1) is 0 Å². The van der Waals surface area contributed by atoms with Crippen molar-refractivity contribution in [3.8, 4) is 11.5 Å². The van der Waals surface area contributed by atoms with E-state index < -0.39 is 0 Å². The van der Waals surface area contributed by atoms with Crippen molar-refractivity contribution in [2.24, 2.45) is 0 Å². The Labute approximate surface area is 170 Å². The van der Waals surface area contributed by atoms with Crippen molar-refractivity contribution in [3.63, 3.8) is 0 Å². The van der Waals surface area contributed by atoms with Crippen LogP contribution in [0.25, 0.3) is 0 Å². The highest BCUT2D eigenvalue weighted by Crippen LogP contribution is 2.36. The number of amides is 1. The highest BCUT2D eigenvalue weighted by molar-refractivity contribution is 7.08. The zero-order chi connectivity index (χ0) is 19.8. The Hall–Kier alpha value is -1.76. The van der Waals surface area contributed by atoms with Crippen LogP contribution in [-0.2, 0) is 0 Å². The van der Waals surface area contributed by atoms with Crippen LogP contribution in [0.3, 0.4) is 0 Å². The summed E-state index contributed by atoms with van der Waals surface area (Å²) in [5.74, 6) is 0.718. The Bertz CT molecular complexity index is 733. The molecule has 0 bridgehead atoms. The average molecular weight is 411 g/mol. The quantitative estimate of drug-likeness (QED) is 0.620. The highest BCUT2D eigenvalue weighted by atomic mass is 35.5. The van der Waals surface area contributed by atoms with Crippen LogP contribution < -0.4 is 14.8 Å². The Morgan fingerprint density at radius 2 is 2.04 bits per heavy atom.